The summed E-state index contributed by atoms with van der Waals surface area (Å²) in [5.74, 6) is -0.541. The van der Waals surface area contributed by atoms with Crippen molar-refractivity contribution >= 4 is 13.5 Å². The average Bonchev–Trinajstić information content (AvgIpc) is 1.96. The van der Waals surface area contributed by atoms with Crippen molar-refractivity contribution in [3.63, 3.8) is 0 Å². The van der Waals surface area contributed by atoms with E-state index in [-0.39, 0.29) is 19.0 Å². The molecule has 0 saturated carbocycles. The number of hydrogen-bond acceptors (Lipinski definition) is 3. The number of nitrogens with one attached hydrogen (secondary N) is 1. The lowest BCUT2D eigenvalue weighted by atomic mass is 10.2. The van der Waals surface area contributed by atoms with E-state index in [0.29, 0.717) is 6.42 Å². The molecular formula is C5H12NO5P. The molecule has 0 heterocycles. The molecule has 0 spiro atoms. The van der Waals surface area contributed by atoms with Crippen LogP contribution in [0.5, 0.6) is 0 Å². The topological polar surface area (TPSA) is 107 Å². The van der Waals surface area contributed by atoms with Gasteiger partial charge in [0.1, 0.15) is 0 Å². The van der Waals surface area contributed by atoms with Gasteiger partial charge < -0.3 is 9.79 Å². The Morgan fingerprint density at radius 3 is 2.33 bits per heavy atom. The van der Waals surface area contributed by atoms with Gasteiger partial charge in [-0.3, -0.25) is 14.6 Å². The minimum Gasteiger partial charge on any atom is -0.324 e. The second-order valence-corrected chi connectivity index (χ2v) is 4.16. The van der Waals surface area contributed by atoms with Gasteiger partial charge in [0.15, 0.2) is 0 Å². The molecule has 0 aromatic carbocycles. The Kier molecular flexibility index (Phi) is 5.08. The van der Waals surface area contributed by atoms with Crippen LogP contribution < -0.4 is 5.48 Å². The van der Waals surface area contributed by atoms with Gasteiger partial charge in [-0.1, -0.05) is 0 Å². The zero-order valence-electron chi connectivity index (χ0n) is 6.43. The van der Waals surface area contributed by atoms with Gasteiger partial charge in [0, 0.05) is 12.6 Å². The highest BCUT2D eigenvalue weighted by molar-refractivity contribution is 7.51. The van der Waals surface area contributed by atoms with Crippen molar-refractivity contribution in [3.05, 3.63) is 0 Å². The van der Waals surface area contributed by atoms with E-state index in [2.05, 4.69) is 0 Å². The third-order valence-corrected chi connectivity index (χ3v) is 2.13. The highest BCUT2D eigenvalue weighted by Crippen LogP contribution is 2.35. The fraction of sp³-hybridized carbons (Fsp3) is 0.800. The summed E-state index contributed by atoms with van der Waals surface area (Å²) in [6, 6.07) is 0. The first kappa shape index (κ1) is 11.6. The van der Waals surface area contributed by atoms with Crippen molar-refractivity contribution in [2.24, 2.45) is 0 Å². The number of carbonyl (C=O) groups is 1. The Hall–Kier alpha value is -0.420. The molecule has 0 fully saturated rings. The monoisotopic (exact) mass is 197 g/mol. The van der Waals surface area contributed by atoms with Gasteiger partial charge in [0.05, 0.1) is 0 Å². The van der Waals surface area contributed by atoms with Crippen molar-refractivity contribution in [1.82, 2.24) is 5.48 Å². The van der Waals surface area contributed by atoms with E-state index in [1.54, 1.807) is 0 Å². The number of rotatable bonds is 5. The molecule has 0 aliphatic heterocycles. The minimum absolute atomic E-state index is 0.0799. The molecule has 0 aromatic heterocycles. The number of hydroxylamine groups is 1. The summed E-state index contributed by atoms with van der Waals surface area (Å²) in [6.07, 6.45) is 0.497. The van der Waals surface area contributed by atoms with Gasteiger partial charge in [-0.25, -0.2) is 5.48 Å². The maximum absolute atomic E-state index is 10.4. The normalized spacial score (nSPS) is 11.2. The largest absolute Gasteiger partial charge is 0.325 e. The Morgan fingerprint density at radius 2 is 1.92 bits per heavy atom. The standard InChI is InChI=1S/C5H12NO5P/c7-5(6-8)3-1-2-4-12(9,10)11/h8H,1-4H2,(H,6,7)(H2,9,10,11). The van der Waals surface area contributed by atoms with Crippen molar-refractivity contribution < 1.29 is 24.4 Å². The van der Waals surface area contributed by atoms with Crippen LogP contribution in [0, 0.1) is 0 Å². The quantitative estimate of drug-likeness (QED) is 0.212. The molecule has 0 bridgehead atoms. The lowest BCUT2D eigenvalue weighted by Gasteiger charge is -2.02. The molecule has 0 radical (unpaired) electrons. The first-order valence-corrected chi connectivity index (χ1v) is 5.23. The Balaban J connectivity index is 3.34. The molecule has 72 valence electrons. The van der Waals surface area contributed by atoms with E-state index in [9.17, 15) is 9.36 Å². The number of hydrogen-bond donors (Lipinski definition) is 4. The fourth-order valence-corrected chi connectivity index (χ4v) is 1.29. The molecule has 0 unspecified atom stereocenters. The molecular weight excluding hydrogens is 185 g/mol. The van der Waals surface area contributed by atoms with Gasteiger partial charge >= 0.3 is 7.60 Å². The molecule has 12 heavy (non-hydrogen) atoms. The molecule has 0 atom stereocenters. The summed E-state index contributed by atoms with van der Waals surface area (Å²) in [4.78, 5) is 27.2. The maximum Gasteiger partial charge on any atom is 0.325 e. The van der Waals surface area contributed by atoms with Crippen LogP contribution in [-0.2, 0) is 9.36 Å². The summed E-state index contributed by atoms with van der Waals surface area (Å²) in [6.45, 7) is 0. The number of carbonyl (C=O) groups excluding carboxylic acids is 1. The second-order valence-electron chi connectivity index (χ2n) is 2.38. The van der Waals surface area contributed by atoms with Crippen molar-refractivity contribution in [3.8, 4) is 0 Å². The van der Waals surface area contributed by atoms with Crippen LogP contribution in [0.25, 0.3) is 0 Å². The van der Waals surface area contributed by atoms with Crippen LogP contribution >= 0.6 is 7.60 Å². The third-order valence-electron chi connectivity index (χ3n) is 1.23. The Morgan fingerprint density at radius 1 is 1.33 bits per heavy atom. The van der Waals surface area contributed by atoms with Crippen LogP contribution in [0.2, 0.25) is 0 Å². The molecule has 4 N–H and O–H groups in total. The summed E-state index contributed by atoms with van der Waals surface area (Å²) < 4.78 is 10.3. The van der Waals surface area contributed by atoms with E-state index in [0.717, 1.165) is 0 Å². The van der Waals surface area contributed by atoms with Crippen LogP contribution in [0.15, 0.2) is 0 Å². The molecule has 0 aliphatic rings. The van der Waals surface area contributed by atoms with E-state index in [4.69, 9.17) is 15.0 Å². The number of amides is 1. The predicted molar refractivity (Wildman–Crippen MR) is 40.7 cm³/mol. The fourth-order valence-electron chi connectivity index (χ4n) is 0.659. The highest BCUT2D eigenvalue weighted by atomic mass is 31.2. The lowest BCUT2D eigenvalue weighted by molar-refractivity contribution is -0.129. The zero-order valence-corrected chi connectivity index (χ0v) is 7.33. The molecule has 0 aromatic rings. The van der Waals surface area contributed by atoms with E-state index in [1.165, 1.54) is 5.48 Å². The summed E-state index contributed by atoms with van der Waals surface area (Å²) in [5, 5.41) is 8.04. The average molecular weight is 197 g/mol. The van der Waals surface area contributed by atoms with Crippen molar-refractivity contribution in [2.45, 2.75) is 19.3 Å². The zero-order chi connectivity index (χ0) is 9.61. The summed E-state index contributed by atoms with van der Waals surface area (Å²) in [5.41, 5.74) is 1.43. The van der Waals surface area contributed by atoms with Crippen molar-refractivity contribution in [2.75, 3.05) is 6.16 Å². The van der Waals surface area contributed by atoms with Crippen LogP contribution in [0.3, 0.4) is 0 Å². The molecule has 7 heteroatoms. The minimum atomic E-state index is -3.93. The third kappa shape index (κ3) is 7.68. The van der Waals surface area contributed by atoms with Crippen LogP contribution in [0.4, 0.5) is 0 Å². The maximum atomic E-state index is 10.4. The van der Waals surface area contributed by atoms with Gasteiger partial charge in [-0.15, -0.1) is 0 Å². The SMILES string of the molecule is O=C(CCCCP(=O)(O)O)NO. The lowest BCUT2D eigenvalue weighted by Crippen LogP contribution is -2.17. The second kappa shape index (κ2) is 5.27. The molecule has 0 saturated heterocycles. The van der Waals surface area contributed by atoms with Crippen LogP contribution in [0.1, 0.15) is 19.3 Å². The first-order valence-electron chi connectivity index (χ1n) is 3.43. The smallest absolute Gasteiger partial charge is 0.324 e. The Labute approximate surface area is 69.7 Å². The molecule has 1 amide bonds. The molecule has 6 nitrogen and oxygen atoms in total. The number of unbranched alkanes of at least 4 members (excludes halogenated alkanes) is 1. The van der Waals surface area contributed by atoms with E-state index >= 15 is 0 Å². The molecule has 0 aliphatic carbocycles. The summed E-state index contributed by atoms with van der Waals surface area (Å²) in [7, 11) is -3.93. The predicted octanol–water partition coefficient (Wildman–Crippen LogP) is -0.160. The first-order chi connectivity index (χ1) is 5.45. The van der Waals surface area contributed by atoms with E-state index < -0.39 is 13.5 Å². The summed E-state index contributed by atoms with van der Waals surface area (Å²) >= 11 is 0. The van der Waals surface area contributed by atoms with Crippen molar-refractivity contribution in [1.29, 1.82) is 0 Å². The van der Waals surface area contributed by atoms with Gasteiger partial charge in [-0.2, -0.15) is 0 Å². The van der Waals surface area contributed by atoms with Crippen LogP contribution in [-0.4, -0.2) is 27.1 Å². The molecule has 0 rings (SSSR count). The van der Waals surface area contributed by atoms with Gasteiger partial charge in [-0.05, 0) is 12.8 Å². The Bertz CT molecular complexity index is 188. The van der Waals surface area contributed by atoms with E-state index in [1.807, 2.05) is 0 Å². The van der Waals surface area contributed by atoms with Gasteiger partial charge in [0.2, 0.25) is 5.91 Å². The van der Waals surface area contributed by atoms with Gasteiger partial charge in [0.25, 0.3) is 0 Å². The highest BCUT2D eigenvalue weighted by Gasteiger charge is 2.11.